The Labute approximate surface area is 137 Å². The molecular weight excluding hydrogens is 286 g/mol. The fourth-order valence-electron chi connectivity index (χ4n) is 3.19. The van der Waals surface area contributed by atoms with Crippen molar-refractivity contribution in [3.8, 4) is 5.75 Å². The van der Waals surface area contributed by atoms with E-state index in [1.807, 2.05) is 36.4 Å². The van der Waals surface area contributed by atoms with Gasteiger partial charge in [0.1, 0.15) is 11.5 Å². The summed E-state index contributed by atoms with van der Waals surface area (Å²) in [5.41, 5.74) is 3.31. The SMILES string of the molecule is COc1ccc(Nc2ccccc2CC2CCCCC2=O)cc1. The molecule has 3 heteroatoms. The van der Waals surface area contributed by atoms with Crippen LogP contribution in [0, 0.1) is 5.92 Å². The third kappa shape index (κ3) is 3.92. The van der Waals surface area contributed by atoms with Crippen LogP contribution < -0.4 is 10.1 Å². The highest BCUT2D eigenvalue weighted by Crippen LogP contribution is 2.29. The number of nitrogens with one attached hydrogen (secondary N) is 1. The van der Waals surface area contributed by atoms with Crippen molar-refractivity contribution in [1.29, 1.82) is 0 Å². The zero-order valence-electron chi connectivity index (χ0n) is 13.5. The van der Waals surface area contributed by atoms with E-state index in [-0.39, 0.29) is 5.92 Å². The number of carbonyl (C=O) groups is 1. The van der Waals surface area contributed by atoms with Crippen LogP contribution in [0.4, 0.5) is 11.4 Å². The molecule has 0 amide bonds. The molecule has 23 heavy (non-hydrogen) atoms. The molecule has 1 atom stereocenters. The molecule has 3 nitrogen and oxygen atoms in total. The monoisotopic (exact) mass is 309 g/mol. The second-order valence-electron chi connectivity index (χ2n) is 6.12. The van der Waals surface area contributed by atoms with Crippen LogP contribution in [0.3, 0.4) is 0 Å². The highest BCUT2D eigenvalue weighted by Gasteiger charge is 2.23. The zero-order chi connectivity index (χ0) is 16.1. The van der Waals surface area contributed by atoms with E-state index in [2.05, 4.69) is 17.4 Å². The molecule has 2 aromatic carbocycles. The van der Waals surface area contributed by atoms with Gasteiger partial charge in [-0.1, -0.05) is 24.6 Å². The number of Topliss-reactive ketones (excluding diaryl/α,β-unsaturated/α-hetero) is 1. The third-order valence-corrected chi connectivity index (χ3v) is 4.53. The number of methoxy groups -OCH3 is 1. The molecule has 1 fully saturated rings. The van der Waals surface area contributed by atoms with Crippen molar-refractivity contribution in [2.45, 2.75) is 32.1 Å². The fraction of sp³-hybridized carbons (Fsp3) is 0.350. The van der Waals surface area contributed by atoms with E-state index in [9.17, 15) is 4.79 Å². The molecule has 2 aromatic rings. The quantitative estimate of drug-likeness (QED) is 0.867. The number of anilines is 2. The molecule has 0 radical (unpaired) electrons. The minimum Gasteiger partial charge on any atom is -0.497 e. The van der Waals surface area contributed by atoms with Crippen LogP contribution in [0.2, 0.25) is 0 Å². The molecular formula is C20H23NO2. The number of hydrogen-bond donors (Lipinski definition) is 1. The van der Waals surface area contributed by atoms with E-state index >= 15 is 0 Å². The minimum absolute atomic E-state index is 0.183. The maximum Gasteiger partial charge on any atom is 0.136 e. The number of ether oxygens (including phenoxy) is 1. The van der Waals surface area contributed by atoms with Gasteiger partial charge in [0, 0.05) is 23.7 Å². The molecule has 3 rings (SSSR count). The van der Waals surface area contributed by atoms with Gasteiger partial charge < -0.3 is 10.1 Å². The number of rotatable bonds is 5. The van der Waals surface area contributed by atoms with E-state index in [1.165, 1.54) is 12.0 Å². The first-order chi connectivity index (χ1) is 11.3. The Bertz CT molecular complexity index is 664. The maximum absolute atomic E-state index is 12.1. The second-order valence-corrected chi connectivity index (χ2v) is 6.12. The molecule has 1 aliphatic rings. The van der Waals surface area contributed by atoms with Gasteiger partial charge in [0.25, 0.3) is 0 Å². The highest BCUT2D eigenvalue weighted by atomic mass is 16.5. The summed E-state index contributed by atoms with van der Waals surface area (Å²) in [6.45, 7) is 0. The third-order valence-electron chi connectivity index (χ3n) is 4.53. The number of carbonyl (C=O) groups excluding carboxylic acids is 1. The average molecular weight is 309 g/mol. The van der Waals surface area contributed by atoms with Gasteiger partial charge in [-0.05, 0) is 55.2 Å². The Balaban J connectivity index is 1.75. The molecule has 1 saturated carbocycles. The minimum atomic E-state index is 0.183. The summed E-state index contributed by atoms with van der Waals surface area (Å²) in [4.78, 5) is 12.1. The van der Waals surface area contributed by atoms with E-state index in [0.717, 1.165) is 42.8 Å². The number of ketones is 1. The van der Waals surface area contributed by atoms with Crippen molar-refractivity contribution >= 4 is 17.2 Å². The van der Waals surface area contributed by atoms with Crippen LogP contribution in [0.25, 0.3) is 0 Å². The maximum atomic E-state index is 12.1. The Hall–Kier alpha value is -2.29. The summed E-state index contributed by atoms with van der Waals surface area (Å²) in [7, 11) is 1.67. The molecule has 1 unspecified atom stereocenters. The van der Waals surface area contributed by atoms with Crippen LogP contribution >= 0.6 is 0 Å². The molecule has 0 spiro atoms. The zero-order valence-corrected chi connectivity index (χ0v) is 13.5. The van der Waals surface area contributed by atoms with Gasteiger partial charge in [-0.25, -0.2) is 0 Å². The largest absolute Gasteiger partial charge is 0.497 e. The van der Waals surface area contributed by atoms with Gasteiger partial charge in [-0.15, -0.1) is 0 Å². The first-order valence-corrected chi connectivity index (χ1v) is 8.28. The van der Waals surface area contributed by atoms with Crippen molar-refractivity contribution in [2.75, 3.05) is 12.4 Å². The van der Waals surface area contributed by atoms with Crippen molar-refractivity contribution < 1.29 is 9.53 Å². The Morgan fingerprint density at radius 2 is 1.87 bits per heavy atom. The molecule has 0 saturated heterocycles. The van der Waals surface area contributed by atoms with Crippen LogP contribution in [0.5, 0.6) is 5.75 Å². The topological polar surface area (TPSA) is 38.3 Å². The molecule has 1 N–H and O–H groups in total. The average Bonchev–Trinajstić information content (AvgIpc) is 2.59. The Morgan fingerprint density at radius 1 is 1.09 bits per heavy atom. The van der Waals surface area contributed by atoms with Gasteiger partial charge in [0.05, 0.1) is 7.11 Å². The lowest BCUT2D eigenvalue weighted by molar-refractivity contribution is -0.124. The lowest BCUT2D eigenvalue weighted by Crippen LogP contribution is -2.21. The van der Waals surface area contributed by atoms with E-state index in [4.69, 9.17) is 4.74 Å². The molecule has 0 aromatic heterocycles. The molecule has 120 valence electrons. The summed E-state index contributed by atoms with van der Waals surface area (Å²) in [6, 6.07) is 16.1. The van der Waals surface area contributed by atoms with Gasteiger partial charge >= 0.3 is 0 Å². The molecule has 0 aliphatic heterocycles. The van der Waals surface area contributed by atoms with E-state index < -0.39 is 0 Å². The normalized spacial score (nSPS) is 17.8. The molecule has 1 aliphatic carbocycles. The molecule has 0 heterocycles. The van der Waals surface area contributed by atoms with E-state index in [0.29, 0.717) is 5.78 Å². The second kappa shape index (κ2) is 7.32. The number of hydrogen-bond acceptors (Lipinski definition) is 3. The summed E-state index contributed by atoms with van der Waals surface area (Å²) < 4.78 is 5.19. The summed E-state index contributed by atoms with van der Waals surface area (Å²) in [6.07, 6.45) is 4.83. The first kappa shape index (κ1) is 15.6. The van der Waals surface area contributed by atoms with Gasteiger partial charge in [-0.2, -0.15) is 0 Å². The van der Waals surface area contributed by atoms with Crippen molar-refractivity contribution in [3.63, 3.8) is 0 Å². The predicted molar refractivity (Wildman–Crippen MR) is 93.4 cm³/mol. The lowest BCUT2D eigenvalue weighted by atomic mass is 9.83. The highest BCUT2D eigenvalue weighted by molar-refractivity contribution is 5.82. The van der Waals surface area contributed by atoms with Crippen LogP contribution in [-0.4, -0.2) is 12.9 Å². The van der Waals surface area contributed by atoms with Crippen LogP contribution in [0.15, 0.2) is 48.5 Å². The smallest absolute Gasteiger partial charge is 0.136 e. The molecule has 0 bridgehead atoms. The number of para-hydroxylation sites is 1. The Morgan fingerprint density at radius 3 is 2.61 bits per heavy atom. The van der Waals surface area contributed by atoms with Gasteiger partial charge in [-0.3, -0.25) is 4.79 Å². The van der Waals surface area contributed by atoms with Gasteiger partial charge in [0.2, 0.25) is 0 Å². The summed E-state index contributed by atoms with van der Waals surface area (Å²) in [5, 5.41) is 3.46. The van der Waals surface area contributed by atoms with Crippen molar-refractivity contribution in [1.82, 2.24) is 0 Å². The standard InChI is InChI=1S/C20H23NO2/c1-23-18-12-10-17(11-13-18)21-19-8-4-2-6-15(19)14-16-7-3-5-9-20(16)22/h2,4,6,8,10-13,16,21H,3,5,7,9,14H2,1H3. The fourth-order valence-corrected chi connectivity index (χ4v) is 3.19. The summed E-state index contributed by atoms with van der Waals surface area (Å²) in [5.74, 6) is 1.45. The van der Waals surface area contributed by atoms with Crippen molar-refractivity contribution in [3.05, 3.63) is 54.1 Å². The van der Waals surface area contributed by atoms with Gasteiger partial charge in [0.15, 0.2) is 0 Å². The van der Waals surface area contributed by atoms with Crippen molar-refractivity contribution in [2.24, 2.45) is 5.92 Å². The lowest BCUT2D eigenvalue weighted by Gasteiger charge is -2.22. The number of benzene rings is 2. The van der Waals surface area contributed by atoms with E-state index in [1.54, 1.807) is 7.11 Å². The Kier molecular flexibility index (Phi) is 4.96. The predicted octanol–water partition coefficient (Wildman–Crippen LogP) is 4.74. The summed E-state index contributed by atoms with van der Waals surface area (Å²) >= 11 is 0. The van der Waals surface area contributed by atoms with Crippen LogP contribution in [0.1, 0.15) is 31.2 Å². The van der Waals surface area contributed by atoms with Crippen LogP contribution in [-0.2, 0) is 11.2 Å². The first-order valence-electron chi connectivity index (χ1n) is 8.28.